The van der Waals surface area contributed by atoms with Gasteiger partial charge in [0, 0.05) is 6.04 Å². The van der Waals surface area contributed by atoms with Crippen molar-refractivity contribution in [2.75, 3.05) is 14.2 Å². The van der Waals surface area contributed by atoms with Crippen molar-refractivity contribution in [2.24, 2.45) is 5.41 Å². The van der Waals surface area contributed by atoms with Crippen molar-refractivity contribution < 1.29 is 4.74 Å². The van der Waals surface area contributed by atoms with E-state index in [1.807, 2.05) is 0 Å². The number of benzene rings is 1. The van der Waals surface area contributed by atoms with Crippen LogP contribution in [-0.4, -0.2) is 20.2 Å². The van der Waals surface area contributed by atoms with Crippen LogP contribution in [0.3, 0.4) is 0 Å². The van der Waals surface area contributed by atoms with Gasteiger partial charge in [0.25, 0.3) is 0 Å². The Morgan fingerprint density at radius 3 is 2.47 bits per heavy atom. The lowest BCUT2D eigenvalue weighted by molar-refractivity contribution is 0.0495. The summed E-state index contributed by atoms with van der Waals surface area (Å²) in [6.45, 7) is 4.69. The molecule has 2 nitrogen and oxygen atoms in total. The van der Waals surface area contributed by atoms with Gasteiger partial charge in [0.1, 0.15) is 5.75 Å². The topological polar surface area (TPSA) is 21.3 Å². The Bertz CT molecular complexity index is 373. The maximum atomic E-state index is 5.21. The number of ether oxygens (including phenoxy) is 1. The molecule has 94 valence electrons. The van der Waals surface area contributed by atoms with Crippen LogP contribution in [-0.2, 0) is 0 Å². The van der Waals surface area contributed by atoms with Crippen molar-refractivity contribution in [1.29, 1.82) is 0 Å². The monoisotopic (exact) mass is 233 g/mol. The summed E-state index contributed by atoms with van der Waals surface area (Å²) in [6, 6.07) is 9.21. The smallest absolute Gasteiger partial charge is 0.118 e. The van der Waals surface area contributed by atoms with Gasteiger partial charge in [0.05, 0.1) is 7.11 Å². The minimum atomic E-state index is 0.392. The van der Waals surface area contributed by atoms with E-state index in [0.29, 0.717) is 17.4 Å². The molecule has 0 aromatic heterocycles. The summed E-state index contributed by atoms with van der Waals surface area (Å²) in [6.07, 6.45) is 2.46. The molecule has 3 unspecified atom stereocenters. The Morgan fingerprint density at radius 2 is 2.00 bits per heavy atom. The van der Waals surface area contributed by atoms with Gasteiger partial charge in [-0.3, -0.25) is 0 Å². The maximum Gasteiger partial charge on any atom is 0.118 e. The molecular weight excluding hydrogens is 210 g/mol. The molecule has 0 heterocycles. The van der Waals surface area contributed by atoms with Crippen LogP contribution in [0.15, 0.2) is 24.3 Å². The highest BCUT2D eigenvalue weighted by atomic mass is 16.5. The van der Waals surface area contributed by atoms with Crippen molar-refractivity contribution in [3.63, 3.8) is 0 Å². The Kier molecular flexibility index (Phi) is 3.43. The third-order valence-electron chi connectivity index (χ3n) is 4.69. The average molecular weight is 233 g/mol. The summed E-state index contributed by atoms with van der Waals surface area (Å²) in [5.41, 5.74) is 1.84. The molecule has 0 aliphatic heterocycles. The molecule has 3 atom stereocenters. The van der Waals surface area contributed by atoms with Gasteiger partial charge in [-0.15, -0.1) is 0 Å². The van der Waals surface area contributed by atoms with Crippen LogP contribution in [0, 0.1) is 5.41 Å². The van der Waals surface area contributed by atoms with Crippen LogP contribution in [0.4, 0.5) is 0 Å². The molecule has 0 amide bonds. The van der Waals surface area contributed by atoms with Crippen LogP contribution < -0.4 is 10.1 Å². The zero-order valence-corrected chi connectivity index (χ0v) is 11.3. The predicted octanol–water partition coefficient (Wildman–Crippen LogP) is 3.19. The summed E-state index contributed by atoms with van der Waals surface area (Å²) in [4.78, 5) is 0. The molecule has 1 aromatic carbocycles. The van der Waals surface area contributed by atoms with Crippen molar-refractivity contribution in [3.05, 3.63) is 29.8 Å². The molecule has 0 saturated heterocycles. The molecule has 0 bridgehead atoms. The molecule has 1 aliphatic rings. The fourth-order valence-corrected chi connectivity index (χ4v) is 3.15. The number of rotatable bonds is 4. The molecule has 1 fully saturated rings. The van der Waals surface area contributed by atoms with E-state index in [2.05, 4.69) is 50.5 Å². The number of methoxy groups -OCH3 is 1. The third kappa shape index (κ3) is 1.95. The van der Waals surface area contributed by atoms with Crippen LogP contribution in [0.2, 0.25) is 0 Å². The second kappa shape index (κ2) is 4.69. The first kappa shape index (κ1) is 12.4. The zero-order chi connectivity index (χ0) is 12.5. The lowest BCUT2D eigenvalue weighted by Gasteiger charge is -2.54. The van der Waals surface area contributed by atoms with Gasteiger partial charge in [-0.25, -0.2) is 0 Å². The van der Waals surface area contributed by atoms with E-state index in [9.17, 15) is 0 Å². The van der Waals surface area contributed by atoms with Gasteiger partial charge in [0.2, 0.25) is 0 Å². The van der Waals surface area contributed by atoms with E-state index >= 15 is 0 Å². The van der Waals surface area contributed by atoms with Crippen molar-refractivity contribution in [3.8, 4) is 5.75 Å². The van der Waals surface area contributed by atoms with Crippen molar-refractivity contribution >= 4 is 0 Å². The quantitative estimate of drug-likeness (QED) is 0.862. The number of hydrogen-bond donors (Lipinski definition) is 1. The number of hydrogen-bond acceptors (Lipinski definition) is 2. The van der Waals surface area contributed by atoms with Crippen LogP contribution in [0.5, 0.6) is 5.75 Å². The Balaban J connectivity index is 2.18. The molecule has 1 aromatic rings. The Morgan fingerprint density at radius 1 is 1.35 bits per heavy atom. The van der Waals surface area contributed by atoms with Gasteiger partial charge in [-0.2, -0.15) is 0 Å². The van der Waals surface area contributed by atoms with Crippen molar-refractivity contribution in [1.82, 2.24) is 5.32 Å². The molecule has 2 rings (SSSR count). The fraction of sp³-hybridized carbons (Fsp3) is 0.600. The van der Waals surface area contributed by atoms with E-state index in [-0.39, 0.29) is 0 Å². The Labute approximate surface area is 104 Å². The molecule has 17 heavy (non-hydrogen) atoms. The summed E-state index contributed by atoms with van der Waals surface area (Å²) < 4.78 is 5.21. The average Bonchev–Trinajstić information content (AvgIpc) is 2.38. The molecule has 0 spiro atoms. The molecule has 1 N–H and O–H groups in total. The highest BCUT2D eigenvalue weighted by Gasteiger charge is 2.49. The first-order chi connectivity index (χ1) is 8.15. The molecular formula is C15H23NO. The van der Waals surface area contributed by atoms with Crippen LogP contribution in [0.25, 0.3) is 0 Å². The second-order valence-corrected chi connectivity index (χ2v) is 5.26. The summed E-state index contributed by atoms with van der Waals surface area (Å²) in [5, 5.41) is 3.44. The van der Waals surface area contributed by atoms with E-state index in [1.165, 1.54) is 18.4 Å². The normalized spacial score (nSPS) is 32.0. The van der Waals surface area contributed by atoms with E-state index in [0.717, 1.165) is 5.75 Å². The van der Waals surface area contributed by atoms with Crippen LogP contribution >= 0.6 is 0 Å². The van der Waals surface area contributed by atoms with E-state index in [1.54, 1.807) is 7.11 Å². The summed E-state index contributed by atoms with van der Waals surface area (Å²) in [5.74, 6) is 1.62. The van der Waals surface area contributed by atoms with Gasteiger partial charge in [0.15, 0.2) is 0 Å². The minimum absolute atomic E-state index is 0.392. The largest absolute Gasteiger partial charge is 0.497 e. The highest BCUT2D eigenvalue weighted by Crippen LogP contribution is 2.54. The first-order valence-corrected chi connectivity index (χ1v) is 6.47. The lowest BCUT2D eigenvalue weighted by Crippen LogP contribution is -2.55. The first-order valence-electron chi connectivity index (χ1n) is 6.47. The Hall–Kier alpha value is -1.02. The SMILES string of the molecule is CCC1(C)C(NC)CC1c1ccc(OC)cc1. The molecule has 1 aliphatic carbocycles. The summed E-state index contributed by atoms with van der Waals surface area (Å²) >= 11 is 0. The van der Waals surface area contributed by atoms with Gasteiger partial charge < -0.3 is 10.1 Å². The van der Waals surface area contributed by atoms with Crippen LogP contribution in [0.1, 0.15) is 38.2 Å². The van der Waals surface area contributed by atoms with E-state index < -0.39 is 0 Å². The standard InChI is InChI=1S/C15H23NO/c1-5-15(2)13(10-14(15)16-3)11-6-8-12(17-4)9-7-11/h6-9,13-14,16H,5,10H2,1-4H3. The second-order valence-electron chi connectivity index (χ2n) is 5.26. The van der Waals surface area contributed by atoms with Gasteiger partial charge in [-0.05, 0) is 48.9 Å². The molecule has 2 heteroatoms. The highest BCUT2D eigenvalue weighted by molar-refractivity contribution is 5.33. The van der Waals surface area contributed by atoms with Gasteiger partial charge >= 0.3 is 0 Å². The maximum absolute atomic E-state index is 5.21. The van der Waals surface area contributed by atoms with E-state index in [4.69, 9.17) is 4.74 Å². The zero-order valence-electron chi connectivity index (χ0n) is 11.3. The van der Waals surface area contributed by atoms with Crippen molar-refractivity contribution in [2.45, 2.75) is 38.6 Å². The lowest BCUT2D eigenvalue weighted by atomic mass is 9.54. The van der Waals surface area contributed by atoms with Gasteiger partial charge in [-0.1, -0.05) is 26.0 Å². The summed E-state index contributed by atoms with van der Waals surface area (Å²) in [7, 11) is 3.79. The predicted molar refractivity (Wildman–Crippen MR) is 71.6 cm³/mol. The fourth-order valence-electron chi connectivity index (χ4n) is 3.15. The minimum Gasteiger partial charge on any atom is -0.497 e. The molecule has 0 radical (unpaired) electrons. The number of nitrogens with one attached hydrogen (secondary N) is 1. The third-order valence-corrected chi connectivity index (χ3v) is 4.69. The molecule has 1 saturated carbocycles.